The van der Waals surface area contributed by atoms with Gasteiger partial charge in [-0.1, -0.05) is 173 Å². The molecule has 2 heterocycles. The summed E-state index contributed by atoms with van der Waals surface area (Å²) in [4.78, 5) is 4.31. The van der Waals surface area contributed by atoms with Crippen molar-refractivity contribution < 1.29 is 105 Å². The monoisotopic (exact) mass is 2150 g/mol. The third kappa shape index (κ3) is 37.1. The number of aryl methyl sites for hydroxylation is 4. The van der Waals surface area contributed by atoms with E-state index in [1.807, 2.05) is 55.5 Å². The van der Waals surface area contributed by atoms with Gasteiger partial charge in [-0.3, -0.25) is 0 Å². The van der Waals surface area contributed by atoms with Crippen LogP contribution in [0.4, 0.5) is 28.6 Å². The molecule has 0 saturated heterocycles. The number of halogens is 8. The third-order valence-corrected chi connectivity index (χ3v) is 43.8. The molecule has 0 radical (unpaired) electrons. The average molecular weight is 2150 g/mol. The summed E-state index contributed by atoms with van der Waals surface area (Å²) in [7, 11) is 21.6. The number of aromatic nitrogens is 2. The summed E-state index contributed by atoms with van der Waals surface area (Å²) < 4.78 is 45.6. The van der Waals surface area contributed by atoms with Crippen LogP contribution >= 0.6 is 63.8 Å². The molecule has 8 aromatic carbocycles. The molecule has 10 aliphatic rings. The first kappa shape index (κ1) is 115. The second-order valence-corrected chi connectivity index (χ2v) is 57.1. The van der Waals surface area contributed by atoms with Gasteiger partial charge in [-0.2, -0.15) is 0 Å². The molecular weight excluding hydrogens is 1990 g/mol. The normalized spacial score (nSPS) is 18.0. The number of benzene rings is 8. The Morgan fingerprint density at radius 2 is 0.662 bits per heavy atom. The van der Waals surface area contributed by atoms with Crippen molar-refractivity contribution in [2.24, 2.45) is 0 Å². The quantitative estimate of drug-likeness (QED) is 0.0380. The summed E-state index contributed by atoms with van der Waals surface area (Å²) in [6.07, 6.45) is 70.4. The van der Waals surface area contributed by atoms with E-state index in [2.05, 4.69) is 264 Å². The molecule has 1 atom stereocenters. The summed E-state index contributed by atoms with van der Waals surface area (Å²) in [5.41, 5.74) is 27.3. The molecule has 0 N–H and O–H groups in total. The van der Waals surface area contributed by atoms with E-state index in [-0.39, 0.29) is 82.1 Å². The zero-order chi connectivity index (χ0) is 92.2. The van der Waals surface area contributed by atoms with E-state index in [1.165, 1.54) is 156 Å². The van der Waals surface area contributed by atoms with E-state index in [0.29, 0.717) is 6.42 Å². The molecule has 0 bridgehead atoms. The van der Waals surface area contributed by atoms with Gasteiger partial charge < -0.3 is 32.2 Å². The number of hydrogen-bond donors (Lipinski definition) is 0. The van der Waals surface area contributed by atoms with E-state index in [4.69, 9.17) is 38.8 Å². The molecule has 1 aromatic heterocycles. The van der Waals surface area contributed by atoms with Crippen LogP contribution in [-0.4, -0.2) is 65.2 Å². The van der Waals surface area contributed by atoms with Crippen molar-refractivity contribution in [3.8, 4) is 11.4 Å². The maximum absolute atomic E-state index is 10.5. The van der Waals surface area contributed by atoms with Crippen LogP contribution < -0.4 is 70.9 Å². The maximum Gasteiger partial charge on any atom is 1.00 e. The summed E-state index contributed by atoms with van der Waals surface area (Å²) >= 11 is -3.76. The van der Waals surface area contributed by atoms with Crippen LogP contribution in [0.5, 0.6) is 0 Å². The van der Waals surface area contributed by atoms with Gasteiger partial charge in [0.15, 0.2) is 0 Å². The summed E-state index contributed by atoms with van der Waals surface area (Å²) in [5, 5.41) is 10.5. The first-order valence-corrected chi connectivity index (χ1v) is 63.7. The third-order valence-electron chi connectivity index (χ3n) is 27.7. The Morgan fingerprint density at radius 3 is 0.940 bits per heavy atom. The van der Waals surface area contributed by atoms with Gasteiger partial charge >= 0.3 is 299 Å². The van der Waals surface area contributed by atoms with Gasteiger partial charge in [0.05, 0.1) is 34.0 Å². The summed E-state index contributed by atoms with van der Waals surface area (Å²) in [5.74, 6) is 0. The summed E-state index contributed by atoms with van der Waals surface area (Å²) in [6, 6.07) is 71.0. The van der Waals surface area contributed by atoms with E-state index in [9.17, 15) is 22.4 Å². The van der Waals surface area contributed by atoms with E-state index in [0.717, 1.165) is 13.9 Å². The molecule has 9 aliphatic carbocycles. The van der Waals surface area contributed by atoms with Crippen LogP contribution in [0, 0.1) is 34.4 Å². The van der Waals surface area contributed by atoms with Crippen LogP contribution in [0.3, 0.4) is 0 Å². The maximum atomic E-state index is 10.5. The Balaban J connectivity index is 0.000000188. The predicted octanol–water partition coefficient (Wildman–Crippen LogP) is 31.5. The van der Waals surface area contributed by atoms with Crippen molar-refractivity contribution in [3.05, 3.63) is 312 Å². The zero-order valence-corrected chi connectivity index (χ0v) is 92.1. The van der Waals surface area contributed by atoms with Gasteiger partial charge in [-0.25, -0.2) is 9.13 Å². The predicted molar refractivity (Wildman–Crippen MR) is 572 cm³/mol. The van der Waals surface area contributed by atoms with Crippen LogP contribution in [0.25, 0.3) is 22.5 Å². The van der Waals surface area contributed by atoms with Gasteiger partial charge in [-0.05, 0) is 259 Å². The Labute approximate surface area is 874 Å². The number of imidazole rings is 1. The topological polar surface area (TPSA) is 38.4 Å². The molecule has 1 aliphatic heterocycles. The minimum atomic E-state index is -6.00. The number of allylic oxidation sites excluding steroid dienone is 2. The van der Waals surface area contributed by atoms with Gasteiger partial charge in [0.25, 0.3) is 6.33 Å². The molecule has 7 fully saturated rings. The Morgan fingerprint density at radius 1 is 0.398 bits per heavy atom. The second-order valence-electron chi connectivity index (χ2n) is 37.6. The van der Waals surface area contributed by atoms with Crippen LogP contribution in [0.15, 0.2) is 250 Å². The van der Waals surface area contributed by atoms with Crippen molar-refractivity contribution in [2.45, 2.75) is 340 Å². The molecular formula is C113H154BCl4F4KN4OP3Ru2+. The molecule has 0 amide bonds. The molecule has 7 saturated carbocycles. The number of hydrogen-bond acceptors (Lipinski definition) is 3. The summed E-state index contributed by atoms with van der Waals surface area (Å²) in [6.45, 7) is 15.9. The van der Waals surface area contributed by atoms with Gasteiger partial charge in [0.1, 0.15) is 23.8 Å². The van der Waals surface area contributed by atoms with E-state index < -0.39 is 39.9 Å². The van der Waals surface area contributed by atoms with Crippen LogP contribution in [0.1, 0.15) is 322 Å². The number of nitrogens with zero attached hydrogens (tertiary/aromatic N) is 4. The van der Waals surface area contributed by atoms with Crippen LogP contribution in [0.2, 0.25) is 0 Å². The smallest absolute Gasteiger partial charge is 1.00 e. The minimum absolute atomic E-state index is 0. The van der Waals surface area contributed by atoms with Crippen molar-refractivity contribution >= 4 is 102 Å². The number of para-hydroxylation sites is 4. The Bertz CT molecular complexity index is 4660. The molecule has 9 aromatic rings. The molecule has 20 heteroatoms. The largest absolute Gasteiger partial charge is 1.00 e. The van der Waals surface area contributed by atoms with E-state index >= 15 is 0 Å². The van der Waals surface area contributed by atoms with Gasteiger partial charge in [-0.15, -0.1) is 21.5 Å². The molecule has 1 unspecified atom stereocenters. The fourth-order valence-electron chi connectivity index (χ4n) is 20.8. The Kier molecular flexibility index (Phi) is 52.5. The van der Waals surface area contributed by atoms with Crippen molar-refractivity contribution in [1.29, 1.82) is 0 Å². The average Bonchev–Trinajstić information content (AvgIpc) is 1.64. The molecule has 5 nitrogen and oxygen atoms in total. The standard InChI is InChI=1S/2C18H33P.2C17H17N2.2C15H10.C6H13P.C5H11O.2CH4.BF4.4ClH.K.2Ru/c2*1-4-10-16(11-5-1)19(17-12-6-2-7-13-17)18-14-8-3-9-15-18;2*1-14-7-3-5-9-16(14)18-11-12-19(13-18)17-10-6-4-8-15(17)2;2*1-2-6-12(7-3-1)15-11-10-13-8-4-5-9-14(13)15;7-6-4-2-1-3-5-6;1-4-5(2,3)6;;;2-1(3,4)5;;;;;;;/h2*16-18H,1-15H2;2*3-13H,1-2H3;2*1-9,11H;6H,1-5,7H2;4H2,1-3H3;2*1H4;;4*1H;;;/q;;-1;+1;;;;-1;;;-1;;;;;+1;2*+2/p-2. The number of anilines is 2. The van der Waals surface area contributed by atoms with Crippen molar-refractivity contribution in [3.63, 3.8) is 0 Å². The molecule has 0 spiro atoms. The van der Waals surface area contributed by atoms with Gasteiger partial charge in [0.2, 0.25) is 0 Å². The van der Waals surface area contributed by atoms with Crippen molar-refractivity contribution in [1.82, 2.24) is 4.57 Å². The second kappa shape index (κ2) is 60.8. The first-order valence-electron chi connectivity index (χ1n) is 48.9. The fraction of sp³-hybridized carbons (Fsp3) is 0.469. The molecule has 19 rings (SSSR count). The first-order chi connectivity index (χ1) is 62.9. The van der Waals surface area contributed by atoms with Crippen molar-refractivity contribution in [2.75, 3.05) is 9.80 Å². The molecule has 133 heavy (non-hydrogen) atoms. The van der Waals surface area contributed by atoms with Crippen LogP contribution in [-0.2, 0) is 27.0 Å². The minimum Gasteiger partial charge on any atom is 1.00 e. The number of rotatable bonds is 13. The fourth-order valence-corrected chi connectivity index (χ4v) is 36.7. The van der Waals surface area contributed by atoms with Gasteiger partial charge in [0, 0.05) is 27.2 Å². The zero-order valence-electron chi connectivity index (χ0n) is 79.3. The number of fused-ring (bicyclic) bond motifs is 2. The SMILES string of the molecule is C.C.C1CCC([PH+](C2CCCCC2)C2CCCCC2)CC1.C1CCC([PH+](C2CCCCC2)C2CCCCC2)CC1.CCC(C)(C)[O-].Cc1ccccc1-n1cc[n+](-c2ccccc2C)c1.Cc1ccccc1N1C=CN(c2ccccc2C)[CH-]1.F[B-](F)(F)F.PC1CCCCC1.[Cl][Ru]([Cl])=[C]1C=C(c2ccccc2)c2ccccc21.[Cl][Ru]([Cl])=[C]1C=C(c2ccccc2)c2ccccc21.[K+]. The van der Waals surface area contributed by atoms with E-state index in [1.54, 1.807) is 206 Å². The molecule has 722 valence electrons. The Hall–Kier alpha value is -3.39.